The summed E-state index contributed by atoms with van der Waals surface area (Å²) in [6, 6.07) is 9.28. The van der Waals surface area contributed by atoms with Crippen LogP contribution in [0.4, 0.5) is 4.79 Å². The highest BCUT2D eigenvalue weighted by Crippen LogP contribution is 2.36. The molecule has 0 aliphatic carbocycles. The minimum atomic E-state index is -0.713. The van der Waals surface area contributed by atoms with Crippen molar-refractivity contribution in [2.75, 3.05) is 14.2 Å². The van der Waals surface area contributed by atoms with E-state index in [2.05, 4.69) is 10.6 Å². The number of halogens is 2. The first-order chi connectivity index (χ1) is 15.3. The number of carbonyl (C=O) groups excluding carboxylic acids is 2. The lowest BCUT2D eigenvalue weighted by molar-refractivity contribution is -0.136. The number of nitrogens with one attached hydrogen (secondary N) is 2. The van der Waals surface area contributed by atoms with Crippen molar-refractivity contribution < 1.29 is 23.8 Å². The van der Waals surface area contributed by atoms with Crippen LogP contribution in [0.3, 0.4) is 0 Å². The van der Waals surface area contributed by atoms with Gasteiger partial charge in [-0.3, -0.25) is 0 Å². The fourth-order valence-electron chi connectivity index (χ4n) is 3.43. The third-order valence-corrected chi connectivity index (χ3v) is 5.75. The number of benzene rings is 2. The van der Waals surface area contributed by atoms with Crippen molar-refractivity contribution in [3.05, 3.63) is 68.8 Å². The summed E-state index contributed by atoms with van der Waals surface area (Å²) in [7, 11) is 2.81. The molecule has 32 heavy (non-hydrogen) atoms. The first-order valence-electron chi connectivity index (χ1n) is 9.90. The fraction of sp³-hybridized carbons (Fsp3) is 0.304. The lowest BCUT2D eigenvalue weighted by Gasteiger charge is -2.31. The number of hydrogen-bond donors (Lipinski definition) is 2. The Morgan fingerprint density at radius 1 is 1.09 bits per heavy atom. The van der Waals surface area contributed by atoms with Gasteiger partial charge in [0.25, 0.3) is 0 Å². The van der Waals surface area contributed by atoms with Gasteiger partial charge >= 0.3 is 12.0 Å². The smallest absolute Gasteiger partial charge is 0.337 e. The van der Waals surface area contributed by atoms with Gasteiger partial charge in [-0.25, -0.2) is 9.59 Å². The summed E-state index contributed by atoms with van der Waals surface area (Å²) in [5.41, 5.74) is 2.14. The number of amides is 2. The molecule has 2 aromatic carbocycles. The van der Waals surface area contributed by atoms with Crippen LogP contribution in [-0.2, 0) is 16.1 Å². The zero-order valence-corrected chi connectivity index (χ0v) is 19.6. The maximum atomic E-state index is 12.6. The standard InChI is InChI=1S/C23H24Cl2N2O5/c1-12(2)20-19(22(28)31-4)21(27-23(29)26-20)13-8-9-17(18(10-13)30-3)32-11-14-15(24)6-5-7-16(14)25/h5-10,12,21H,11H2,1-4H3,(H2,26,27,29). The maximum Gasteiger partial charge on any atom is 0.337 e. The SMILES string of the molecule is COC(=O)C1=C(C(C)C)NC(=O)NC1c1ccc(OCc2c(Cl)cccc2Cl)c(OC)c1. The monoisotopic (exact) mass is 478 g/mol. The van der Waals surface area contributed by atoms with Gasteiger partial charge in [0.1, 0.15) is 6.61 Å². The fourth-order valence-corrected chi connectivity index (χ4v) is 3.94. The van der Waals surface area contributed by atoms with Crippen LogP contribution in [0.2, 0.25) is 10.0 Å². The van der Waals surface area contributed by atoms with Crippen molar-refractivity contribution in [2.24, 2.45) is 5.92 Å². The van der Waals surface area contributed by atoms with Gasteiger partial charge < -0.3 is 24.8 Å². The number of esters is 1. The number of rotatable bonds is 7. The van der Waals surface area contributed by atoms with E-state index in [4.69, 9.17) is 37.4 Å². The quantitative estimate of drug-likeness (QED) is 0.545. The molecular weight excluding hydrogens is 455 g/mol. The summed E-state index contributed by atoms with van der Waals surface area (Å²) in [6.45, 7) is 3.92. The molecule has 0 saturated heterocycles. The Kier molecular flexibility index (Phi) is 7.53. The van der Waals surface area contributed by atoms with Crippen LogP contribution in [0.1, 0.15) is 31.0 Å². The lowest BCUT2D eigenvalue weighted by atomic mass is 9.91. The van der Waals surface area contributed by atoms with Crippen molar-refractivity contribution in [1.29, 1.82) is 0 Å². The molecule has 2 amide bonds. The van der Waals surface area contributed by atoms with Gasteiger partial charge in [0, 0.05) is 21.3 Å². The summed E-state index contributed by atoms with van der Waals surface area (Å²) in [5.74, 6) is 0.260. The molecular formula is C23H24Cl2N2O5. The average molecular weight is 479 g/mol. The van der Waals surface area contributed by atoms with Gasteiger partial charge in [-0.1, -0.05) is 49.2 Å². The number of urea groups is 1. The second kappa shape index (κ2) is 10.1. The third kappa shape index (κ3) is 4.95. The maximum absolute atomic E-state index is 12.6. The van der Waals surface area contributed by atoms with E-state index in [0.717, 1.165) is 0 Å². The number of carbonyl (C=O) groups is 2. The van der Waals surface area contributed by atoms with E-state index in [1.165, 1.54) is 14.2 Å². The Morgan fingerprint density at radius 3 is 2.38 bits per heavy atom. The molecule has 7 nitrogen and oxygen atoms in total. The number of hydrogen-bond acceptors (Lipinski definition) is 5. The topological polar surface area (TPSA) is 85.9 Å². The molecule has 0 saturated carbocycles. The van der Waals surface area contributed by atoms with Crippen LogP contribution in [0.5, 0.6) is 11.5 Å². The predicted octanol–water partition coefficient (Wildman–Crippen LogP) is 5.02. The molecule has 2 aromatic rings. The van der Waals surface area contributed by atoms with E-state index in [0.29, 0.717) is 43.9 Å². The summed E-state index contributed by atoms with van der Waals surface area (Å²) >= 11 is 12.4. The molecule has 0 fully saturated rings. The normalized spacial score (nSPS) is 15.8. The second-order valence-corrected chi connectivity index (χ2v) is 8.22. The Morgan fingerprint density at radius 2 is 1.78 bits per heavy atom. The van der Waals surface area contributed by atoms with E-state index in [1.807, 2.05) is 13.8 Å². The number of allylic oxidation sites excluding steroid dienone is 1. The summed E-state index contributed by atoms with van der Waals surface area (Å²) in [4.78, 5) is 24.8. The van der Waals surface area contributed by atoms with Crippen LogP contribution in [0.15, 0.2) is 47.7 Å². The van der Waals surface area contributed by atoms with E-state index in [9.17, 15) is 9.59 Å². The van der Waals surface area contributed by atoms with Crippen molar-refractivity contribution in [3.63, 3.8) is 0 Å². The van der Waals surface area contributed by atoms with Gasteiger partial charge in [-0.15, -0.1) is 0 Å². The molecule has 0 radical (unpaired) electrons. The minimum absolute atomic E-state index is 0.0949. The van der Waals surface area contributed by atoms with E-state index >= 15 is 0 Å². The molecule has 9 heteroatoms. The Bertz CT molecular complexity index is 1050. The second-order valence-electron chi connectivity index (χ2n) is 7.40. The first kappa shape index (κ1) is 23.8. The molecule has 1 atom stereocenters. The predicted molar refractivity (Wildman–Crippen MR) is 122 cm³/mol. The van der Waals surface area contributed by atoms with Crippen LogP contribution in [-0.4, -0.2) is 26.2 Å². The molecule has 0 aromatic heterocycles. The van der Waals surface area contributed by atoms with Gasteiger partial charge in [0.05, 0.1) is 25.8 Å². The van der Waals surface area contributed by atoms with Crippen molar-refractivity contribution in [2.45, 2.75) is 26.5 Å². The number of methoxy groups -OCH3 is 2. The Hall–Kier alpha value is -2.90. The van der Waals surface area contributed by atoms with Gasteiger partial charge in [0.2, 0.25) is 0 Å². The van der Waals surface area contributed by atoms with Crippen LogP contribution < -0.4 is 20.1 Å². The molecule has 0 spiro atoms. The van der Waals surface area contributed by atoms with Gasteiger partial charge in [-0.2, -0.15) is 0 Å². The molecule has 3 rings (SSSR count). The van der Waals surface area contributed by atoms with Crippen molar-refractivity contribution in [1.82, 2.24) is 10.6 Å². The van der Waals surface area contributed by atoms with E-state index in [1.54, 1.807) is 36.4 Å². The summed E-state index contributed by atoms with van der Waals surface area (Å²) < 4.78 is 16.4. The minimum Gasteiger partial charge on any atom is -0.493 e. The third-order valence-electron chi connectivity index (χ3n) is 5.04. The molecule has 1 aliphatic rings. The highest BCUT2D eigenvalue weighted by atomic mass is 35.5. The zero-order chi connectivity index (χ0) is 23.4. The number of ether oxygens (including phenoxy) is 3. The first-order valence-corrected chi connectivity index (χ1v) is 10.7. The highest BCUT2D eigenvalue weighted by molar-refractivity contribution is 6.35. The summed E-state index contributed by atoms with van der Waals surface area (Å²) in [5, 5.41) is 6.50. The van der Waals surface area contributed by atoms with Crippen LogP contribution in [0, 0.1) is 5.92 Å². The summed E-state index contributed by atoms with van der Waals surface area (Å²) in [6.07, 6.45) is 0. The van der Waals surface area contributed by atoms with Crippen molar-refractivity contribution in [3.8, 4) is 11.5 Å². The molecule has 1 heterocycles. The van der Waals surface area contributed by atoms with E-state index in [-0.39, 0.29) is 12.5 Å². The molecule has 2 N–H and O–H groups in total. The Labute approximate surface area is 196 Å². The van der Waals surface area contributed by atoms with Gasteiger partial charge in [-0.05, 0) is 35.7 Å². The molecule has 1 unspecified atom stereocenters. The van der Waals surface area contributed by atoms with Gasteiger partial charge in [0.15, 0.2) is 11.5 Å². The van der Waals surface area contributed by atoms with E-state index < -0.39 is 18.0 Å². The lowest BCUT2D eigenvalue weighted by Crippen LogP contribution is -2.47. The average Bonchev–Trinajstić information content (AvgIpc) is 2.77. The molecule has 0 bridgehead atoms. The zero-order valence-electron chi connectivity index (χ0n) is 18.1. The highest BCUT2D eigenvalue weighted by Gasteiger charge is 2.34. The Balaban J connectivity index is 1.95. The van der Waals surface area contributed by atoms with Crippen LogP contribution >= 0.6 is 23.2 Å². The molecule has 1 aliphatic heterocycles. The largest absolute Gasteiger partial charge is 0.493 e. The van der Waals surface area contributed by atoms with Crippen molar-refractivity contribution >= 4 is 35.2 Å². The van der Waals surface area contributed by atoms with Crippen LogP contribution in [0.25, 0.3) is 0 Å². The molecule has 170 valence electrons.